The van der Waals surface area contributed by atoms with E-state index >= 15 is 0 Å². The van der Waals surface area contributed by atoms with Crippen LogP contribution in [-0.4, -0.2) is 16.2 Å². The Bertz CT molecular complexity index is 441. The molecule has 0 radical (unpaired) electrons. The minimum Gasteiger partial charge on any atom is -0.392 e. The highest BCUT2D eigenvalue weighted by molar-refractivity contribution is 5.21. The van der Waals surface area contributed by atoms with Crippen LogP contribution in [0.15, 0.2) is 54.9 Å². The van der Waals surface area contributed by atoms with Crippen molar-refractivity contribution in [3.8, 4) is 0 Å². The third-order valence-corrected chi connectivity index (χ3v) is 3.10. The highest BCUT2D eigenvalue weighted by Crippen LogP contribution is 2.21. The molecule has 1 aromatic heterocycles. The van der Waals surface area contributed by atoms with Crippen LogP contribution in [0, 0.1) is 0 Å². The second-order valence-corrected chi connectivity index (χ2v) is 4.33. The minimum absolute atomic E-state index is 0.143. The van der Waals surface area contributed by atoms with E-state index in [0.29, 0.717) is 6.42 Å². The van der Waals surface area contributed by atoms with Crippen molar-refractivity contribution >= 4 is 0 Å². The van der Waals surface area contributed by atoms with E-state index in [1.807, 2.05) is 30.3 Å². The number of aliphatic hydroxyl groups excluding tert-OH is 1. The molecule has 0 amide bonds. The molecule has 1 aromatic carbocycles. The normalized spacial score (nSPS) is 14.2. The van der Waals surface area contributed by atoms with Crippen molar-refractivity contribution in [2.75, 3.05) is 0 Å². The molecule has 0 aliphatic carbocycles. The number of hydrogen-bond donors (Lipinski definition) is 1. The van der Waals surface area contributed by atoms with Crippen LogP contribution in [0.3, 0.4) is 0 Å². The van der Waals surface area contributed by atoms with Gasteiger partial charge in [-0.05, 0) is 29.7 Å². The van der Waals surface area contributed by atoms with Gasteiger partial charge in [0.2, 0.25) is 0 Å². The van der Waals surface area contributed by atoms with Crippen molar-refractivity contribution in [2.24, 2.45) is 0 Å². The summed E-state index contributed by atoms with van der Waals surface area (Å²) in [6.07, 6.45) is 3.82. The first-order valence-corrected chi connectivity index (χ1v) is 5.89. The van der Waals surface area contributed by atoms with Crippen LogP contribution < -0.4 is 0 Å². The Kier molecular flexibility index (Phi) is 3.89. The summed E-state index contributed by atoms with van der Waals surface area (Å²) < 4.78 is 0. The van der Waals surface area contributed by atoms with Gasteiger partial charge in [-0.2, -0.15) is 0 Å². The number of hydrogen-bond acceptors (Lipinski definition) is 2. The van der Waals surface area contributed by atoms with Gasteiger partial charge in [0.1, 0.15) is 0 Å². The van der Waals surface area contributed by atoms with Gasteiger partial charge in [0, 0.05) is 18.3 Å². The zero-order valence-corrected chi connectivity index (χ0v) is 9.95. The van der Waals surface area contributed by atoms with Crippen molar-refractivity contribution < 1.29 is 5.11 Å². The lowest BCUT2D eigenvalue weighted by atomic mass is 9.91. The minimum atomic E-state index is -0.361. The van der Waals surface area contributed by atoms with Crippen LogP contribution in [0.4, 0.5) is 0 Å². The van der Waals surface area contributed by atoms with E-state index in [2.05, 4.69) is 24.0 Å². The first kappa shape index (κ1) is 11.8. The van der Waals surface area contributed by atoms with Gasteiger partial charge in [-0.25, -0.2) is 0 Å². The lowest BCUT2D eigenvalue weighted by Crippen LogP contribution is -2.18. The van der Waals surface area contributed by atoms with Gasteiger partial charge >= 0.3 is 0 Å². The molecule has 2 heteroatoms. The Morgan fingerprint density at radius 2 is 1.71 bits per heavy atom. The average Bonchev–Trinajstić information content (AvgIpc) is 2.40. The Morgan fingerprint density at radius 1 is 1.06 bits per heavy atom. The van der Waals surface area contributed by atoms with Crippen molar-refractivity contribution in [2.45, 2.75) is 25.4 Å². The van der Waals surface area contributed by atoms with Crippen molar-refractivity contribution in [1.82, 2.24) is 4.98 Å². The SMILES string of the molecule is CC(c1ccccc1)C(O)Cc1ccncc1. The summed E-state index contributed by atoms with van der Waals surface area (Å²) in [4.78, 5) is 3.97. The van der Waals surface area contributed by atoms with Crippen molar-refractivity contribution in [3.05, 3.63) is 66.0 Å². The molecule has 1 N–H and O–H groups in total. The maximum atomic E-state index is 10.2. The van der Waals surface area contributed by atoms with Gasteiger partial charge < -0.3 is 5.11 Å². The fourth-order valence-electron chi connectivity index (χ4n) is 1.92. The zero-order chi connectivity index (χ0) is 12.1. The van der Waals surface area contributed by atoms with Crippen LogP contribution in [0.2, 0.25) is 0 Å². The molecule has 0 spiro atoms. The summed E-state index contributed by atoms with van der Waals surface area (Å²) in [5.41, 5.74) is 2.30. The highest BCUT2D eigenvalue weighted by atomic mass is 16.3. The van der Waals surface area contributed by atoms with E-state index in [1.165, 1.54) is 5.56 Å². The maximum Gasteiger partial charge on any atom is 0.0646 e. The van der Waals surface area contributed by atoms with Gasteiger partial charge in [0.05, 0.1) is 6.10 Å². The molecule has 2 unspecified atom stereocenters. The predicted octanol–water partition coefficient (Wildman–Crippen LogP) is 2.79. The molecule has 2 aromatic rings. The third kappa shape index (κ3) is 3.14. The van der Waals surface area contributed by atoms with Crippen LogP contribution in [0.5, 0.6) is 0 Å². The second kappa shape index (κ2) is 5.60. The highest BCUT2D eigenvalue weighted by Gasteiger charge is 2.16. The molecule has 17 heavy (non-hydrogen) atoms. The van der Waals surface area contributed by atoms with E-state index in [0.717, 1.165) is 5.56 Å². The molecule has 0 bridgehead atoms. The molecule has 88 valence electrons. The van der Waals surface area contributed by atoms with E-state index < -0.39 is 0 Å². The molecule has 0 aliphatic heterocycles. The fraction of sp³-hybridized carbons (Fsp3) is 0.267. The van der Waals surface area contributed by atoms with Gasteiger partial charge in [-0.3, -0.25) is 4.98 Å². The Labute approximate surface area is 102 Å². The smallest absolute Gasteiger partial charge is 0.0646 e. The number of aliphatic hydroxyl groups is 1. The predicted molar refractivity (Wildman–Crippen MR) is 68.8 cm³/mol. The molecule has 2 nitrogen and oxygen atoms in total. The maximum absolute atomic E-state index is 10.2. The molecular weight excluding hydrogens is 210 g/mol. The van der Waals surface area contributed by atoms with Crippen LogP contribution in [-0.2, 0) is 6.42 Å². The van der Waals surface area contributed by atoms with E-state index in [1.54, 1.807) is 12.4 Å². The summed E-state index contributed by atoms with van der Waals surface area (Å²) in [5, 5.41) is 10.2. The number of pyridine rings is 1. The topological polar surface area (TPSA) is 33.1 Å². The summed E-state index contributed by atoms with van der Waals surface area (Å²) >= 11 is 0. The van der Waals surface area contributed by atoms with Crippen LogP contribution >= 0.6 is 0 Å². The summed E-state index contributed by atoms with van der Waals surface area (Å²) in [5.74, 6) is 0.143. The lowest BCUT2D eigenvalue weighted by molar-refractivity contribution is 0.149. The second-order valence-electron chi connectivity index (χ2n) is 4.33. The summed E-state index contributed by atoms with van der Waals surface area (Å²) in [6.45, 7) is 2.06. The number of benzene rings is 1. The molecular formula is C15H17NO. The standard InChI is InChI=1S/C15H17NO/c1-12(14-5-3-2-4-6-14)15(17)11-13-7-9-16-10-8-13/h2-10,12,15,17H,11H2,1H3. The summed E-state index contributed by atoms with van der Waals surface area (Å²) in [7, 11) is 0. The summed E-state index contributed by atoms with van der Waals surface area (Å²) in [6, 6.07) is 14.0. The fourth-order valence-corrected chi connectivity index (χ4v) is 1.92. The van der Waals surface area contributed by atoms with Gasteiger partial charge in [-0.1, -0.05) is 37.3 Å². The van der Waals surface area contributed by atoms with Crippen LogP contribution in [0.25, 0.3) is 0 Å². The van der Waals surface area contributed by atoms with Crippen molar-refractivity contribution in [3.63, 3.8) is 0 Å². The molecule has 1 heterocycles. The third-order valence-electron chi connectivity index (χ3n) is 3.10. The Balaban J connectivity index is 2.03. The van der Waals surface area contributed by atoms with E-state index in [9.17, 15) is 5.11 Å². The quantitative estimate of drug-likeness (QED) is 0.871. The monoisotopic (exact) mass is 227 g/mol. The number of aromatic nitrogens is 1. The van der Waals surface area contributed by atoms with Crippen molar-refractivity contribution in [1.29, 1.82) is 0 Å². The average molecular weight is 227 g/mol. The number of nitrogens with zero attached hydrogens (tertiary/aromatic N) is 1. The molecule has 0 saturated heterocycles. The van der Waals surface area contributed by atoms with E-state index in [4.69, 9.17) is 0 Å². The lowest BCUT2D eigenvalue weighted by Gasteiger charge is -2.19. The van der Waals surface area contributed by atoms with Gasteiger partial charge in [-0.15, -0.1) is 0 Å². The molecule has 0 saturated carbocycles. The van der Waals surface area contributed by atoms with Crippen LogP contribution in [0.1, 0.15) is 24.0 Å². The van der Waals surface area contributed by atoms with Gasteiger partial charge in [0.25, 0.3) is 0 Å². The molecule has 0 aliphatic rings. The Hall–Kier alpha value is -1.67. The number of rotatable bonds is 4. The molecule has 0 fully saturated rings. The molecule has 2 rings (SSSR count). The first-order valence-electron chi connectivity index (χ1n) is 5.89. The van der Waals surface area contributed by atoms with Gasteiger partial charge in [0.15, 0.2) is 0 Å². The first-order chi connectivity index (χ1) is 8.27. The zero-order valence-electron chi connectivity index (χ0n) is 9.95. The Morgan fingerprint density at radius 3 is 2.35 bits per heavy atom. The van der Waals surface area contributed by atoms with E-state index in [-0.39, 0.29) is 12.0 Å². The largest absolute Gasteiger partial charge is 0.392 e. The molecule has 2 atom stereocenters.